The number of benzene rings is 1. The molecule has 0 spiro atoms. The molecule has 2 atom stereocenters. The van der Waals surface area contributed by atoms with Gasteiger partial charge in [-0.05, 0) is 52.3 Å². The molecular weight excluding hydrogens is 404 g/mol. The van der Waals surface area contributed by atoms with Gasteiger partial charge in [-0.25, -0.2) is 9.59 Å². The first-order valence-corrected chi connectivity index (χ1v) is 10.4. The maximum atomic E-state index is 12.3. The van der Waals surface area contributed by atoms with Crippen LogP contribution in [0.3, 0.4) is 0 Å². The summed E-state index contributed by atoms with van der Waals surface area (Å²) in [6.07, 6.45) is -0.391. The van der Waals surface area contributed by atoms with Crippen LogP contribution in [0.1, 0.15) is 33.3 Å². The average molecular weight is 437 g/mol. The van der Waals surface area contributed by atoms with E-state index in [1.807, 2.05) is 40.7 Å². The van der Waals surface area contributed by atoms with Crippen LogP contribution in [0.5, 0.6) is 0 Å². The fraction of sp³-hybridized carbons (Fsp3) is 0.619. The van der Waals surface area contributed by atoms with E-state index in [2.05, 4.69) is 21.3 Å². The van der Waals surface area contributed by atoms with Crippen LogP contribution in [0.4, 0.5) is 21.0 Å². The molecule has 0 aliphatic carbocycles. The van der Waals surface area contributed by atoms with Gasteiger partial charge in [-0.3, -0.25) is 0 Å². The van der Waals surface area contributed by atoms with E-state index in [4.69, 9.17) is 18.9 Å². The van der Waals surface area contributed by atoms with Gasteiger partial charge in [0.1, 0.15) is 12.2 Å². The third-order valence-corrected chi connectivity index (χ3v) is 4.86. The Morgan fingerprint density at radius 3 is 1.90 bits per heavy atom. The predicted octanol–water partition coefficient (Wildman–Crippen LogP) is 2.54. The minimum Gasteiger partial charge on any atom is -0.348 e. The number of hydrogen-bond donors (Lipinski definition) is 4. The Labute approximate surface area is 182 Å². The topological polar surface area (TPSA) is 119 Å². The normalized spacial score (nSPS) is 23.9. The zero-order valence-electron chi connectivity index (χ0n) is 18.7. The van der Waals surface area contributed by atoms with E-state index in [1.54, 1.807) is 12.1 Å². The molecule has 2 aliphatic heterocycles. The molecule has 0 unspecified atom stereocenters. The van der Waals surface area contributed by atoms with Crippen molar-refractivity contribution in [2.45, 2.75) is 58.4 Å². The Hall–Kier alpha value is -2.40. The lowest BCUT2D eigenvalue weighted by molar-refractivity contribution is -0.138. The van der Waals surface area contributed by atoms with Gasteiger partial charge in [0.25, 0.3) is 0 Å². The van der Waals surface area contributed by atoms with E-state index in [1.165, 1.54) is 0 Å². The van der Waals surface area contributed by atoms with Gasteiger partial charge in [0.2, 0.25) is 0 Å². The lowest BCUT2D eigenvalue weighted by atomic mass is 10.2. The minimum atomic E-state index is -0.632. The van der Waals surface area contributed by atoms with E-state index >= 15 is 0 Å². The van der Waals surface area contributed by atoms with Crippen LogP contribution in [0.15, 0.2) is 18.2 Å². The van der Waals surface area contributed by atoms with Crippen molar-refractivity contribution in [2.75, 3.05) is 36.9 Å². The number of urea groups is 2. The summed E-state index contributed by atoms with van der Waals surface area (Å²) in [6, 6.07) is 4.55. The third kappa shape index (κ3) is 7.06. The molecule has 0 radical (unpaired) electrons. The van der Waals surface area contributed by atoms with Crippen molar-refractivity contribution >= 4 is 23.4 Å². The van der Waals surface area contributed by atoms with Crippen molar-refractivity contribution in [3.8, 4) is 0 Å². The van der Waals surface area contributed by atoms with Crippen molar-refractivity contribution in [2.24, 2.45) is 0 Å². The maximum absolute atomic E-state index is 12.3. The molecule has 1 aromatic carbocycles. The van der Waals surface area contributed by atoms with Crippen molar-refractivity contribution in [3.63, 3.8) is 0 Å². The Kier molecular flexibility index (Phi) is 7.05. The molecule has 10 nitrogen and oxygen atoms in total. The standard InChI is InChI=1S/C21H32N4O6/c1-13-6-7-14(24-18(26)22-9-15-11-28-20(2,3)30-15)8-17(13)25-19(27)23-10-16-12-29-21(4,5)31-16/h6-8,15-16H,9-12H2,1-5H3,(H2,22,24,26)(H2,23,25,27)/t15-,16+/m1/s1. The van der Waals surface area contributed by atoms with E-state index in [9.17, 15) is 9.59 Å². The minimum absolute atomic E-state index is 0.195. The molecule has 2 fully saturated rings. The van der Waals surface area contributed by atoms with Crippen molar-refractivity contribution in [1.29, 1.82) is 0 Å². The number of nitrogens with one attached hydrogen (secondary N) is 4. The number of anilines is 2. The number of aryl methyl sites for hydroxylation is 1. The molecule has 4 amide bonds. The number of hydrogen-bond acceptors (Lipinski definition) is 6. The van der Waals surface area contributed by atoms with Crippen LogP contribution in [0.2, 0.25) is 0 Å². The van der Waals surface area contributed by atoms with Crippen LogP contribution in [0, 0.1) is 6.92 Å². The van der Waals surface area contributed by atoms with Crippen LogP contribution in [-0.4, -0.2) is 62.1 Å². The van der Waals surface area contributed by atoms with Gasteiger partial charge in [-0.2, -0.15) is 0 Å². The first-order valence-electron chi connectivity index (χ1n) is 10.4. The van der Waals surface area contributed by atoms with E-state index in [-0.39, 0.29) is 24.3 Å². The van der Waals surface area contributed by atoms with Crippen molar-refractivity contribution < 1.29 is 28.5 Å². The lowest BCUT2D eigenvalue weighted by Crippen LogP contribution is -2.37. The Morgan fingerprint density at radius 2 is 1.42 bits per heavy atom. The molecule has 2 aliphatic rings. The molecule has 10 heteroatoms. The zero-order valence-corrected chi connectivity index (χ0v) is 18.7. The Morgan fingerprint density at radius 1 is 0.903 bits per heavy atom. The number of carbonyl (C=O) groups excluding carboxylic acids is 2. The summed E-state index contributed by atoms with van der Waals surface area (Å²) in [5, 5.41) is 11.1. The number of carbonyl (C=O) groups is 2. The fourth-order valence-electron chi connectivity index (χ4n) is 3.32. The van der Waals surface area contributed by atoms with Crippen molar-refractivity contribution in [1.82, 2.24) is 10.6 Å². The highest BCUT2D eigenvalue weighted by molar-refractivity contribution is 5.93. The molecule has 0 aromatic heterocycles. The SMILES string of the molecule is Cc1ccc(NC(=O)NC[C@@H]2COC(C)(C)O2)cc1NC(=O)NC[C@H]1COC(C)(C)O1. The highest BCUT2D eigenvalue weighted by atomic mass is 16.7. The van der Waals surface area contributed by atoms with Gasteiger partial charge in [0, 0.05) is 24.5 Å². The zero-order chi connectivity index (χ0) is 22.6. The van der Waals surface area contributed by atoms with E-state index < -0.39 is 11.6 Å². The quantitative estimate of drug-likeness (QED) is 0.544. The molecule has 31 heavy (non-hydrogen) atoms. The molecule has 4 N–H and O–H groups in total. The van der Waals surface area contributed by atoms with Gasteiger partial charge in [0.15, 0.2) is 11.6 Å². The maximum Gasteiger partial charge on any atom is 0.319 e. The second-order valence-corrected chi connectivity index (χ2v) is 8.60. The monoisotopic (exact) mass is 436 g/mol. The molecule has 3 rings (SSSR count). The average Bonchev–Trinajstić information content (AvgIpc) is 3.21. The second-order valence-electron chi connectivity index (χ2n) is 8.60. The molecule has 1 aromatic rings. The highest BCUT2D eigenvalue weighted by Gasteiger charge is 2.33. The molecule has 2 heterocycles. The smallest absolute Gasteiger partial charge is 0.319 e. The largest absolute Gasteiger partial charge is 0.348 e. The summed E-state index contributed by atoms with van der Waals surface area (Å²) in [5.74, 6) is -1.26. The summed E-state index contributed by atoms with van der Waals surface area (Å²) >= 11 is 0. The molecule has 0 saturated carbocycles. The first-order chi connectivity index (χ1) is 14.5. The summed E-state index contributed by atoms with van der Waals surface area (Å²) in [5.41, 5.74) is 2.01. The first kappa shape index (κ1) is 23.3. The highest BCUT2D eigenvalue weighted by Crippen LogP contribution is 2.23. The Bertz CT molecular complexity index is 813. The summed E-state index contributed by atoms with van der Waals surface area (Å²) in [6.45, 7) is 10.7. The molecule has 172 valence electrons. The number of ether oxygens (including phenoxy) is 4. The fourth-order valence-corrected chi connectivity index (χ4v) is 3.32. The number of amides is 4. The third-order valence-electron chi connectivity index (χ3n) is 4.86. The summed E-state index contributed by atoms with van der Waals surface area (Å²) < 4.78 is 22.3. The summed E-state index contributed by atoms with van der Waals surface area (Å²) in [7, 11) is 0. The molecule has 2 saturated heterocycles. The van der Waals surface area contributed by atoms with Crippen LogP contribution in [0.25, 0.3) is 0 Å². The van der Waals surface area contributed by atoms with Crippen molar-refractivity contribution in [3.05, 3.63) is 23.8 Å². The van der Waals surface area contributed by atoms with Crippen LogP contribution in [-0.2, 0) is 18.9 Å². The van der Waals surface area contributed by atoms with Gasteiger partial charge in [-0.1, -0.05) is 6.07 Å². The van der Waals surface area contributed by atoms with Gasteiger partial charge in [0.05, 0.1) is 13.2 Å². The molecular formula is C21H32N4O6. The molecule has 0 bridgehead atoms. The predicted molar refractivity (Wildman–Crippen MR) is 115 cm³/mol. The van der Waals surface area contributed by atoms with Gasteiger partial charge < -0.3 is 40.2 Å². The van der Waals surface area contributed by atoms with Gasteiger partial charge >= 0.3 is 12.1 Å². The lowest BCUT2D eigenvalue weighted by Gasteiger charge is -2.18. The van der Waals surface area contributed by atoms with E-state index in [0.717, 1.165) is 5.56 Å². The van der Waals surface area contributed by atoms with Crippen LogP contribution < -0.4 is 21.3 Å². The van der Waals surface area contributed by atoms with E-state index in [0.29, 0.717) is 37.7 Å². The Balaban J connectivity index is 1.45. The van der Waals surface area contributed by atoms with Gasteiger partial charge in [-0.15, -0.1) is 0 Å². The number of rotatable bonds is 6. The summed E-state index contributed by atoms with van der Waals surface area (Å²) in [4.78, 5) is 24.5. The van der Waals surface area contributed by atoms with Crippen LogP contribution >= 0.6 is 0 Å². The second kappa shape index (κ2) is 9.39.